The van der Waals surface area contributed by atoms with E-state index in [-0.39, 0.29) is 0 Å². The van der Waals surface area contributed by atoms with E-state index < -0.39 is 5.60 Å². The Morgan fingerprint density at radius 2 is 1.91 bits per heavy atom. The first-order chi connectivity index (χ1) is 16.7. The van der Waals surface area contributed by atoms with Crippen molar-refractivity contribution in [2.45, 2.75) is 57.2 Å². The third kappa shape index (κ3) is 5.17. The van der Waals surface area contributed by atoms with Crippen molar-refractivity contribution >= 4 is 11.2 Å². The van der Waals surface area contributed by atoms with E-state index in [0.717, 1.165) is 42.6 Å². The lowest BCUT2D eigenvalue weighted by molar-refractivity contribution is -0.0325. The standard InChI is InChI=1S/C26H29N5O3/c1-26(20-10-13-27-14-11-20,34-25-23-24(29-16-28-23)30-17-31-25)12-9-19-5-4-8-22(15-19)33-18-32-21-6-2-3-7-21/h4-5,8,10-11,13-17,21H,2-3,6-7,9,12,18H2,1H3,(H,28,29,30,31). The Kier molecular flexibility index (Phi) is 6.67. The van der Waals surface area contributed by atoms with Crippen molar-refractivity contribution in [2.24, 2.45) is 0 Å². The normalized spacial score (nSPS) is 15.9. The summed E-state index contributed by atoms with van der Waals surface area (Å²) in [5, 5.41) is 0. The van der Waals surface area contributed by atoms with Crippen LogP contribution in [0.2, 0.25) is 0 Å². The van der Waals surface area contributed by atoms with E-state index in [4.69, 9.17) is 14.2 Å². The van der Waals surface area contributed by atoms with Crippen molar-refractivity contribution in [1.82, 2.24) is 24.9 Å². The third-order valence-electron chi connectivity index (χ3n) is 6.42. The lowest BCUT2D eigenvalue weighted by Gasteiger charge is -2.31. The molecule has 0 bridgehead atoms. The Balaban J connectivity index is 1.30. The number of aromatic nitrogens is 5. The zero-order chi connectivity index (χ0) is 23.2. The van der Waals surface area contributed by atoms with Gasteiger partial charge in [0.05, 0.1) is 12.4 Å². The van der Waals surface area contributed by atoms with Gasteiger partial charge in [-0.3, -0.25) is 4.98 Å². The molecule has 0 saturated heterocycles. The third-order valence-corrected chi connectivity index (χ3v) is 6.42. The molecular weight excluding hydrogens is 430 g/mol. The minimum atomic E-state index is -0.641. The predicted molar refractivity (Wildman–Crippen MR) is 127 cm³/mol. The molecule has 1 fully saturated rings. The number of nitrogens with zero attached hydrogens (tertiary/aromatic N) is 4. The van der Waals surface area contributed by atoms with Crippen LogP contribution in [0.25, 0.3) is 11.2 Å². The van der Waals surface area contributed by atoms with Crippen LogP contribution >= 0.6 is 0 Å². The summed E-state index contributed by atoms with van der Waals surface area (Å²) >= 11 is 0. The molecule has 3 aromatic heterocycles. The molecule has 34 heavy (non-hydrogen) atoms. The molecule has 8 nitrogen and oxygen atoms in total. The van der Waals surface area contributed by atoms with Gasteiger partial charge in [-0.15, -0.1) is 0 Å². The molecule has 1 atom stereocenters. The fourth-order valence-electron chi connectivity index (χ4n) is 4.42. The molecule has 1 aromatic carbocycles. The van der Waals surface area contributed by atoms with Crippen LogP contribution in [0.1, 0.15) is 50.2 Å². The monoisotopic (exact) mass is 459 g/mol. The Hall–Kier alpha value is -3.52. The maximum absolute atomic E-state index is 6.53. The molecule has 1 aliphatic rings. The lowest BCUT2D eigenvalue weighted by atomic mass is 9.89. The largest absolute Gasteiger partial charge is 0.468 e. The predicted octanol–water partition coefficient (Wildman–Crippen LogP) is 4.97. The van der Waals surface area contributed by atoms with Crippen molar-refractivity contribution in [1.29, 1.82) is 0 Å². The van der Waals surface area contributed by atoms with E-state index in [9.17, 15) is 0 Å². The molecule has 0 radical (unpaired) electrons. The molecular formula is C26H29N5O3. The van der Waals surface area contributed by atoms with Crippen LogP contribution in [0, 0.1) is 0 Å². The van der Waals surface area contributed by atoms with Crippen LogP contribution in [-0.2, 0) is 16.8 Å². The van der Waals surface area contributed by atoms with Crippen LogP contribution in [0.5, 0.6) is 11.6 Å². The number of fused-ring (bicyclic) bond motifs is 1. The van der Waals surface area contributed by atoms with Crippen molar-refractivity contribution in [3.63, 3.8) is 0 Å². The van der Waals surface area contributed by atoms with Gasteiger partial charge < -0.3 is 19.2 Å². The van der Waals surface area contributed by atoms with Crippen LogP contribution in [0.4, 0.5) is 0 Å². The second kappa shape index (κ2) is 10.2. The maximum atomic E-state index is 6.53. The Labute approximate surface area is 198 Å². The Morgan fingerprint density at radius 1 is 1.06 bits per heavy atom. The minimum absolute atomic E-state index is 0.292. The zero-order valence-corrected chi connectivity index (χ0v) is 19.3. The molecule has 0 aliphatic heterocycles. The summed E-state index contributed by atoms with van der Waals surface area (Å²) in [6, 6.07) is 12.1. The molecule has 1 saturated carbocycles. The number of pyridine rings is 1. The number of ether oxygens (including phenoxy) is 3. The van der Waals surface area contributed by atoms with Crippen LogP contribution < -0.4 is 9.47 Å². The van der Waals surface area contributed by atoms with Gasteiger partial charge in [0.15, 0.2) is 12.4 Å². The van der Waals surface area contributed by atoms with Gasteiger partial charge in [-0.2, -0.15) is 4.98 Å². The van der Waals surface area contributed by atoms with Crippen LogP contribution in [0.15, 0.2) is 61.4 Å². The molecule has 0 amide bonds. The van der Waals surface area contributed by atoms with E-state index in [2.05, 4.69) is 44.0 Å². The number of aromatic amines is 1. The number of nitrogens with one attached hydrogen (secondary N) is 1. The number of benzene rings is 1. The van der Waals surface area contributed by atoms with Crippen molar-refractivity contribution in [2.75, 3.05) is 6.79 Å². The van der Waals surface area contributed by atoms with Crippen LogP contribution in [-0.4, -0.2) is 37.8 Å². The highest BCUT2D eigenvalue weighted by Crippen LogP contribution is 2.34. The number of H-pyrrole nitrogens is 1. The van der Waals surface area contributed by atoms with Crippen LogP contribution in [0.3, 0.4) is 0 Å². The van der Waals surface area contributed by atoms with E-state index in [1.165, 1.54) is 19.2 Å². The second-order valence-electron chi connectivity index (χ2n) is 8.83. The Bertz CT molecular complexity index is 1210. The molecule has 5 rings (SSSR count). The average molecular weight is 460 g/mol. The SMILES string of the molecule is CC(CCc1cccc(OCOC2CCCC2)c1)(Oc1ncnc2nc[nH]c12)c1ccncc1. The highest BCUT2D eigenvalue weighted by Gasteiger charge is 2.30. The molecule has 176 valence electrons. The zero-order valence-electron chi connectivity index (χ0n) is 19.3. The summed E-state index contributed by atoms with van der Waals surface area (Å²) in [5.41, 5.74) is 2.80. The molecule has 1 unspecified atom stereocenters. The average Bonchev–Trinajstić information content (AvgIpc) is 3.57. The summed E-state index contributed by atoms with van der Waals surface area (Å²) in [6.07, 6.45) is 13.2. The van der Waals surface area contributed by atoms with E-state index in [1.54, 1.807) is 18.7 Å². The van der Waals surface area contributed by atoms with Gasteiger partial charge >= 0.3 is 0 Å². The van der Waals surface area contributed by atoms with Crippen molar-refractivity contribution in [3.8, 4) is 11.6 Å². The number of imidazole rings is 1. The van der Waals surface area contributed by atoms with Gasteiger partial charge in [-0.25, -0.2) is 9.97 Å². The fraction of sp³-hybridized carbons (Fsp3) is 0.385. The summed E-state index contributed by atoms with van der Waals surface area (Å²) < 4.78 is 18.2. The second-order valence-corrected chi connectivity index (χ2v) is 8.83. The number of hydrogen-bond donors (Lipinski definition) is 1. The van der Waals surface area contributed by atoms with Gasteiger partial charge in [0.1, 0.15) is 23.2 Å². The minimum Gasteiger partial charge on any atom is -0.468 e. The van der Waals surface area contributed by atoms with E-state index in [0.29, 0.717) is 29.9 Å². The molecule has 1 aliphatic carbocycles. The highest BCUT2D eigenvalue weighted by molar-refractivity contribution is 5.75. The number of hydrogen-bond acceptors (Lipinski definition) is 7. The quantitative estimate of drug-likeness (QED) is 0.335. The van der Waals surface area contributed by atoms with E-state index in [1.807, 2.05) is 24.3 Å². The van der Waals surface area contributed by atoms with Crippen molar-refractivity contribution < 1.29 is 14.2 Å². The fourth-order valence-corrected chi connectivity index (χ4v) is 4.42. The summed E-state index contributed by atoms with van der Waals surface area (Å²) in [4.78, 5) is 20.0. The number of aryl methyl sites for hydroxylation is 1. The maximum Gasteiger partial charge on any atom is 0.244 e. The number of rotatable bonds is 10. The molecule has 3 heterocycles. The summed E-state index contributed by atoms with van der Waals surface area (Å²) in [6.45, 7) is 2.36. The molecule has 8 heteroatoms. The van der Waals surface area contributed by atoms with Gasteiger partial charge in [0.25, 0.3) is 0 Å². The topological polar surface area (TPSA) is 95.0 Å². The van der Waals surface area contributed by atoms with Gasteiger partial charge in [-0.1, -0.05) is 25.0 Å². The van der Waals surface area contributed by atoms with Gasteiger partial charge in [0, 0.05) is 12.4 Å². The van der Waals surface area contributed by atoms with Gasteiger partial charge in [-0.05, 0) is 68.0 Å². The van der Waals surface area contributed by atoms with E-state index >= 15 is 0 Å². The Morgan fingerprint density at radius 3 is 2.76 bits per heavy atom. The first-order valence-electron chi connectivity index (χ1n) is 11.8. The summed E-state index contributed by atoms with van der Waals surface area (Å²) in [5.74, 6) is 1.29. The first kappa shape index (κ1) is 22.3. The van der Waals surface area contributed by atoms with Gasteiger partial charge in [0.2, 0.25) is 5.88 Å². The highest BCUT2D eigenvalue weighted by atomic mass is 16.7. The molecule has 1 N–H and O–H groups in total. The smallest absolute Gasteiger partial charge is 0.244 e. The first-order valence-corrected chi connectivity index (χ1v) is 11.8. The summed E-state index contributed by atoms with van der Waals surface area (Å²) in [7, 11) is 0. The van der Waals surface area contributed by atoms with Crippen molar-refractivity contribution in [3.05, 3.63) is 72.6 Å². The lowest BCUT2D eigenvalue weighted by Crippen LogP contribution is -2.31. The molecule has 0 spiro atoms. The molecule has 4 aromatic rings.